The molecule has 2 amide bonds. The van der Waals surface area contributed by atoms with Gasteiger partial charge in [-0.05, 0) is 56.3 Å². The monoisotopic (exact) mass is 416 g/mol. The second-order valence-corrected chi connectivity index (χ2v) is 7.16. The Bertz CT molecular complexity index is 1120. The van der Waals surface area contributed by atoms with Gasteiger partial charge in [-0.15, -0.1) is 0 Å². The first-order valence-electron chi connectivity index (χ1n) is 9.76. The van der Waals surface area contributed by atoms with Crippen LogP contribution in [-0.4, -0.2) is 39.2 Å². The number of fused-ring (bicyclic) bond motifs is 1. The maximum absolute atomic E-state index is 12.3. The summed E-state index contributed by atoms with van der Waals surface area (Å²) in [7, 11) is 0. The van der Waals surface area contributed by atoms with Crippen LogP contribution in [0, 0.1) is 13.8 Å². The maximum Gasteiger partial charge on any atom is 0.312 e. The number of amides is 2. The predicted molar refractivity (Wildman–Crippen MR) is 113 cm³/mol. The molecule has 8 heteroatoms. The molecule has 0 radical (unpaired) electrons. The lowest BCUT2D eigenvalue weighted by molar-refractivity contribution is -0.134. The summed E-state index contributed by atoms with van der Waals surface area (Å²) in [6.45, 7) is 3.75. The van der Waals surface area contributed by atoms with Crippen LogP contribution in [0.5, 0.6) is 5.75 Å². The molecule has 156 valence electrons. The summed E-state index contributed by atoms with van der Waals surface area (Å²) in [5, 5.41) is 3.10. The average molecular weight is 416 g/mol. The normalized spacial score (nSPS) is 12.6. The number of imide groups is 1. The molecular weight excluding hydrogens is 396 g/mol. The van der Waals surface area contributed by atoms with Gasteiger partial charge in [-0.3, -0.25) is 19.3 Å². The number of rotatable bonds is 6. The van der Waals surface area contributed by atoms with E-state index in [-0.39, 0.29) is 13.0 Å². The topological polar surface area (TPSA) is 101 Å². The molecule has 1 N–H and O–H groups in total. The van der Waals surface area contributed by atoms with Crippen LogP contribution >= 0.6 is 0 Å². The number of carbonyl (C=O) groups is 3. The number of nitrogens with zero attached hydrogens (tertiary/aromatic N) is 3. The molecule has 8 nitrogen and oxygen atoms in total. The van der Waals surface area contributed by atoms with Crippen molar-refractivity contribution in [1.82, 2.24) is 14.9 Å². The van der Waals surface area contributed by atoms with Crippen molar-refractivity contribution < 1.29 is 19.1 Å². The smallest absolute Gasteiger partial charge is 0.312 e. The Morgan fingerprint density at radius 2 is 1.52 bits per heavy atom. The van der Waals surface area contributed by atoms with E-state index in [9.17, 15) is 14.4 Å². The molecule has 0 unspecified atom stereocenters. The Kier molecular flexibility index (Phi) is 5.44. The summed E-state index contributed by atoms with van der Waals surface area (Å²) in [6.07, 6.45) is -0.0954. The van der Waals surface area contributed by atoms with Gasteiger partial charge in [-0.25, -0.2) is 9.97 Å². The highest BCUT2D eigenvalue weighted by atomic mass is 16.5. The zero-order valence-electron chi connectivity index (χ0n) is 17.1. The van der Waals surface area contributed by atoms with Crippen molar-refractivity contribution in [1.29, 1.82) is 0 Å². The third-order valence-corrected chi connectivity index (χ3v) is 4.74. The Labute approximate surface area is 178 Å². The molecule has 0 saturated carbocycles. The van der Waals surface area contributed by atoms with Crippen molar-refractivity contribution in [3.63, 3.8) is 0 Å². The van der Waals surface area contributed by atoms with Crippen LogP contribution < -0.4 is 10.1 Å². The van der Waals surface area contributed by atoms with Gasteiger partial charge >= 0.3 is 5.97 Å². The Hall–Kier alpha value is -4.07. The molecule has 0 spiro atoms. The van der Waals surface area contributed by atoms with Crippen LogP contribution in [0.15, 0.2) is 54.6 Å². The first-order chi connectivity index (χ1) is 14.9. The molecule has 0 fully saturated rings. The van der Waals surface area contributed by atoms with Gasteiger partial charge in [0.05, 0.1) is 17.5 Å². The summed E-state index contributed by atoms with van der Waals surface area (Å²) in [4.78, 5) is 46.6. The molecule has 0 bridgehead atoms. The van der Waals surface area contributed by atoms with Crippen molar-refractivity contribution in [2.24, 2.45) is 0 Å². The second kappa shape index (κ2) is 8.35. The average Bonchev–Trinajstić information content (AvgIpc) is 2.97. The molecule has 3 aromatic rings. The van der Waals surface area contributed by atoms with E-state index in [0.29, 0.717) is 22.8 Å². The zero-order chi connectivity index (χ0) is 22.0. The van der Waals surface area contributed by atoms with Crippen LogP contribution in [0.25, 0.3) is 0 Å². The van der Waals surface area contributed by atoms with Gasteiger partial charge in [0.1, 0.15) is 5.75 Å². The first-order valence-corrected chi connectivity index (χ1v) is 9.76. The number of esters is 1. The van der Waals surface area contributed by atoms with Crippen LogP contribution in [0.1, 0.15) is 38.5 Å². The Balaban J connectivity index is 1.32. The van der Waals surface area contributed by atoms with Crippen LogP contribution in [0.4, 0.5) is 11.6 Å². The summed E-state index contributed by atoms with van der Waals surface area (Å²) in [6, 6.07) is 15.3. The SMILES string of the molecule is Cc1cc(C)nc(Nc2ccc(OC(=O)CCN3C(=O)c4ccccc4C3=O)cc2)n1. The minimum absolute atomic E-state index is 0.0329. The highest BCUT2D eigenvalue weighted by Gasteiger charge is 2.35. The Morgan fingerprint density at radius 1 is 0.935 bits per heavy atom. The predicted octanol–water partition coefficient (Wildman–Crippen LogP) is 3.43. The van der Waals surface area contributed by atoms with Gasteiger partial charge < -0.3 is 10.1 Å². The first kappa shape index (κ1) is 20.2. The van der Waals surface area contributed by atoms with Gasteiger partial charge in [0.25, 0.3) is 11.8 Å². The largest absolute Gasteiger partial charge is 0.426 e. The maximum atomic E-state index is 12.3. The van der Waals surface area contributed by atoms with E-state index >= 15 is 0 Å². The summed E-state index contributed by atoms with van der Waals surface area (Å²) >= 11 is 0. The van der Waals surface area contributed by atoms with Crippen LogP contribution in [0.3, 0.4) is 0 Å². The summed E-state index contributed by atoms with van der Waals surface area (Å²) < 4.78 is 5.32. The fraction of sp³-hybridized carbons (Fsp3) is 0.174. The van der Waals surface area contributed by atoms with E-state index in [4.69, 9.17) is 4.74 Å². The number of ether oxygens (including phenoxy) is 1. The van der Waals surface area contributed by atoms with Gasteiger partial charge in [-0.1, -0.05) is 12.1 Å². The number of benzene rings is 2. The van der Waals surface area contributed by atoms with Crippen molar-refractivity contribution in [2.75, 3.05) is 11.9 Å². The lowest BCUT2D eigenvalue weighted by atomic mass is 10.1. The fourth-order valence-corrected chi connectivity index (χ4v) is 3.35. The van der Waals surface area contributed by atoms with Gasteiger partial charge in [-0.2, -0.15) is 0 Å². The van der Waals surface area contributed by atoms with E-state index < -0.39 is 17.8 Å². The zero-order valence-corrected chi connectivity index (χ0v) is 17.1. The lowest BCUT2D eigenvalue weighted by Gasteiger charge is -2.13. The van der Waals surface area contributed by atoms with Crippen molar-refractivity contribution in [2.45, 2.75) is 20.3 Å². The number of hydrogen-bond donors (Lipinski definition) is 1. The molecule has 1 aromatic heterocycles. The molecule has 2 heterocycles. The lowest BCUT2D eigenvalue weighted by Crippen LogP contribution is -2.32. The third-order valence-electron chi connectivity index (χ3n) is 4.74. The van der Waals surface area contributed by atoms with Crippen molar-refractivity contribution in [3.05, 3.63) is 77.1 Å². The molecule has 2 aromatic carbocycles. The van der Waals surface area contributed by atoms with Gasteiger partial charge in [0.15, 0.2) is 0 Å². The highest BCUT2D eigenvalue weighted by molar-refractivity contribution is 6.21. The van der Waals surface area contributed by atoms with E-state index in [2.05, 4.69) is 15.3 Å². The molecule has 0 saturated heterocycles. The number of aromatic nitrogens is 2. The molecule has 0 aliphatic carbocycles. The van der Waals surface area contributed by atoms with Crippen molar-refractivity contribution >= 4 is 29.4 Å². The molecule has 31 heavy (non-hydrogen) atoms. The van der Waals surface area contributed by atoms with E-state index in [1.807, 2.05) is 19.9 Å². The second-order valence-electron chi connectivity index (χ2n) is 7.16. The van der Waals surface area contributed by atoms with Crippen LogP contribution in [0.2, 0.25) is 0 Å². The number of aryl methyl sites for hydroxylation is 2. The number of anilines is 2. The Morgan fingerprint density at radius 3 is 2.10 bits per heavy atom. The molecule has 1 aliphatic rings. The molecule has 4 rings (SSSR count). The van der Waals surface area contributed by atoms with E-state index in [1.165, 1.54) is 0 Å². The number of carbonyl (C=O) groups excluding carboxylic acids is 3. The fourth-order valence-electron chi connectivity index (χ4n) is 3.35. The molecule has 1 aliphatic heterocycles. The van der Waals surface area contributed by atoms with E-state index in [0.717, 1.165) is 22.0 Å². The number of nitrogens with one attached hydrogen (secondary N) is 1. The summed E-state index contributed by atoms with van der Waals surface area (Å²) in [5.74, 6) is -0.466. The summed E-state index contributed by atoms with van der Waals surface area (Å²) in [5.41, 5.74) is 3.18. The van der Waals surface area contributed by atoms with E-state index in [1.54, 1.807) is 48.5 Å². The standard InChI is InChI=1S/C23H20N4O4/c1-14-13-15(2)25-23(24-14)26-16-7-9-17(10-8-16)31-20(28)11-12-27-21(29)18-5-3-4-6-19(18)22(27)30/h3-10,13H,11-12H2,1-2H3,(H,24,25,26). The third kappa shape index (κ3) is 4.42. The molecular formula is C23H20N4O4. The minimum Gasteiger partial charge on any atom is -0.426 e. The minimum atomic E-state index is -0.532. The highest BCUT2D eigenvalue weighted by Crippen LogP contribution is 2.23. The van der Waals surface area contributed by atoms with Crippen LogP contribution in [-0.2, 0) is 4.79 Å². The molecule has 0 atom stereocenters. The van der Waals surface area contributed by atoms with Gasteiger partial charge in [0.2, 0.25) is 5.95 Å². The number of hydrogen-bond acceptors (Lipinski definition) is 7. The quantitative estimate of drug-likeness (QED) is 0.373. The van der Waals surface area contributed by atoms with Gasteiger partial charge in [0, 0.05) is 23.6 Å². The van der Waals surface area contributed by atoms with Crippen molar-refractivity contribution in [3.8, 4) is 5.75 Å².